The molecule has 7 nitrogen and oxygen atoms in total. The summed E-state index contributed by atoms with van der Waals surface area (Å²) in [5.41, 5.74) is 1.23. The molecule has 2 aliphatic rings. The summed E-state index contributed by atoms with van der Waals surface area (Å²) < 4.78 is 5.12. The van der Waals surface area contributed by atoms with Gasteiger partial charge in [0.15, 0.2) is 0 Å². The number of ether oxygens (including phenoxy) is 1. The van der Waals surface area contributed by atoms with Gasteiger partial charge in [-0.05, 0) is 33.1 Å². The zero-order valence-corrected chi connectivity index (χ0v) is 16.3. The molecule has 0 unspecified atom stereocenters. The number of hydrogen-bond acceptors (Lipinski definition) is 6. The van der Waals surface area contributed by atoms with E-state index >= 15 is 0 Å². The molecule has 1 aromatic heterocycles. The van der Waals surface area contributed by atoms with Gasteiger partial charge in [-0.3, -0.25) is 4.90 Å². The molecule has 3 rings (SSSR count). The fourth-order valence-electron chi connectivity index (χ4n) is 3.94. The van der Waals surface area contributed by atoms with Crippen LogP contribution in [0, 0.1) is 6.92 Å². The van der Waals surface area contributed by atoms with Crippen molar-refractivity contribution in [3.8, 4) is 0 Å². The molecule has 1 aromatic rings. The molecule has 2 aliphatic heterocycles. The average molecular weight is 361 g/mol. The number of hydrogen-bond donors (Lipinski definition) is 0. The van der Waals surface area contributed by atoms with Gasteiger partial charge in [-0.25, -0.2) is 14.8 Å². The molecule has 3 heterocycles. The number of nitrogens with zero attached hydrogens (tertiary/aromatic N) is 5. The third-order valence-electron chi connectivity index (χ3n) is 5.40. The van der Waals surface area contributed by atoms with E-state index in [9.17, 15) is 4.79 Å². The summed E-state index contributed by atoms with van der Waals surface area (Å²) >= 11 is 0. The summed E-state index contributed by atoms with van der Waals surface area (Å²) in [6.45, 7) is 11.8. The normalized spacial score (nSPS) is 21.7. The molecule has 2 fully saturated rings. The molecule has 7 heteroatoms. The van der Waals surface area contributed by atoms with Crippen LogP contribution in [-0.4, -0.2) is 77.8 Å². The van der Waals surface area contributed by atoms with Crippen LogP contribution in [0.25, 0.3) is 0 Å². The largest absolute Gasteiger partial charge is 0.450 e. The van der Waals surface area contributed by atoms with Crippen molar-refractivity contribution in [2.45, 2.75) is 46.1 Å². The second-order valence-electron chi connectivity index (χ2n) is 7.08. The second-order valence-corrected chi connectivity index (χ2v) is 7.08. The van der Waals surface area contributed by atoms with E-state index in [1.807, 2.05) is 24.9 Å². The fraction of sp³-hybridized carbons (Fsp3) is 0.737. The third kappa shape index (κ3) is 4.26. The zero-order valence-electron chi connectivity index (χ0n) is 16.3. The number of piperazine rings is 1. The van der Waals surface area contributed by atoms with E-state index in [-0.39, 0.29) is 6.09 Å². The molecule has 0 radical (unpaired) electrons. The lowest BCUT2D eigenvalue weighted by Gasteiger charge is -2.43. The smallest absolute Gasteiger partial charge is 0.409 e. The van der Waals surface area contributed by atoms with E-state index in [1.54, 1.807) is 0 Å². The highest BCUT2D eigenvalue weighted by Gasteiger charge is 2.30. The Bertz CT molecular complexity index is 616. The predicted molar refractivity (Wildman–Crippen MR) is 102 cm³/mol. The van der Waals surface area contributed by atoms with Crippen LogP contribution in [0.15, 0.2) is 6.20 Å². The van der Waals surface area contributed by atoms with Gasteiger partial charge in [-0.2, -0.15) is 0 Å². The molecule has 0 N–H and O–H groups in total. The molecule has 0 aliphatic carbocycles. The highest BCUT2D eigenvalue weighted by Crippen LogP contribution is 2.25. The van der Waals surface area contributed by atoms with Gasteiger partial charge in [0, 0.05) is 57.1 Å². The highest BCUT2D eigenvalue weighted by molar-refractivity contribution is 5.67. The van der Waals surface area contributed by atoms with Gasteiger partial charge in [0.2, 0.25) is 0 Å². The monoisotopic (exact) mass is 361 g/mol. The lowest BCUT2D eigenvalue weighted by molar-refractivity contribution is 0.0629. The maximum absolute atomic E-state index is 11.9. The first-order valence-corrected chi connectivity index (χ1v) is 9.85. The molecule has 26 heavy (non-hydrogen) atoms. The van der Waals surface area contributed by atoms with Crippen molar-refractivity contribution in [1.82, 2.24) is 19.8 Å². The number of piperidine rings is 1. The molecule has 0 spiro atoms. The van der Waals surface area contributed by atoms with Crippen molar-refractivity contribution in [1.29, 1.82) is 0 Å². The molecule has 0 aromatic carbocycles. The molecule has 1 amide bonds. The topological polar surface area (TPSA) is 61.8 Å². The maximum Gasteiger partial charge on any atom is 0.409 e. The predicted octanol–water partition coefficient (Wildman–Crippen LogP) is 2.09. The number of aromatic nitrogens is 2. The van der Waals surface area contributed by atoms with Gasteiger partial charge in [0.25, 0.3) is 0 Å². The van der Waals surface area contributed by atoms with Crippen LogP contribution in [0.1, 0.15) is 38.1 Å². The summed E-state index contributed by atoms with van der Waals surface area (Å²) in [6.07, 6.45) is 5.13. The van der Waals surface area contributed by atoms with Gasteiger partial charge in [0.05, 0.1) is 6.61 Å². The van der Waals surface area contributed by atoms with Gasteiger partial charge < -0.3 is 14.5 Å². The quantitative estimate of drug-likeness (QED) is 0.818. The lowest BCUT2D eigenvalue weighted by Crippen LogP contribution is -2.56. The first-order chi connectivity index (χ1) is 12.6. The Morgan fingerprint density at radius 1 is 1.23 bits per heavy atom. The van der Waals surface area contributed by atoms with Gasteiger partial charge in [0.1, 0.15) is 11.6 Å². The minimum Gasteiger partial charge on any atom is -0.450 e. The van der Waals surface area contributed by atoms with Gasteiger partial charge in [-0.1, -0.05) is 6.92 Å². The number of carbonyl (C=O) groups is 1. The summed E-state index contributed by atoms with van der Waals surface area (Å²) in [4.78, 5) is 27.8. The van der Waals surface area contributed by atoms with Gasteiger partial charge >= 0.3 is 6.09 Å². The first kappa shape index (κ1) is 18.9. The van der Waals surface area contributed by atoms with Crippen molar-refractivity contribution in [3.63, 3.8) is 0 Å². The Morgan fingerprint density at radius 3 is 2.69 bits per heavy atom. The van der Waals surface area contributed by atoms with Crippen LogP contribution in [-0.2, 0) is 11.2 Å². The van der Waals surface area contributed by atoms with E-state index < -0.39 is 0 Å². The fourth-order valence-corrected chi connectivity index (χ4v) is 3.94. The molecule has 0 bridgehead atoms. The van der Waals surface area contributed by atoms with Crippen LogP contribution in [0.5, 0.6) is 0 Å². The van der Waals surface area contributed by atoms with Crippen LogP contribution in [0.2, 0.25) is 0 Å². The Morgan fingerprint density at radius 2 is 2.00 bits per heavy atom. The Hall–Kier alpha value is -1.89. The first-order valence-electron chi connectivity index (χ1n) is 9.85. The lowest BCUT2D eigenvalue weighted by atomic mass is 10.0. The van der Waals surface area contributed by atoms with Crippen molar-refractivity contribution in [3.05, 3.63) is 17.6 Å². The molecule has 2 saturated heterocycles. The highest BCUT2D eigenvalue weighted by atomic mass is 16.6. The van der Waals surface area contributed by atoms with Crippen LogP contribution < -0.4 is 4.90 Å². The third-order valence-corrected chi connectivity index (χ3v) is 5.40. The van der Waals surface area contributed by atoms with Crippen LogP contribution in [0.3, 0.4) is 0 Å². The minimum atomic E-state index is -0.179. The summed E-state index contributed by atoms with van der Waals surface area (Å²) in [7, 11) is 0. The standard InChI is InChI=1S/C19H31N5O2/c1-4-16-13-20-15(3)21-18(16)24-8-6-7-17(14-24)22-9-11-23(12-10-22)19(25)26-5-2/h13,17H,4-12,14H2,1-3H3/t17-/m0/s1. The van der Waals surface area contributed by atoms with E-state index in [0.717, 1.165) is 57.3 Å². The van der Waals surface area contributed by atoms with Crippen molar-refractivity contribution >= 4 is 11.9 Å². The molecular formula is C19H31N5O2. The Kier molecular flexibility index (Phi) is 6.29. The zero-order chi connectivity index (χ0) is 18.5. The second kappa shape index (κ2) is 8.66. The summed E-state index contributed by atoms with van der Waals surface area (Å²) in [6, 6.07) is 0.521. The number of anilines is 1. The van der Waals surface area contributed by atoms with Crippen molar-refractivity contribution in [2.75, 3.05) is 50.8 Å². The summed E-state index contributed by atoms with van der Waals surface area (Å²) in [5.74, 6) is 1.94. The Labute approximate surface area is 156 Å². The number of carbonyl (C=O) groups excluding carboxylic acids is 1. The molecule has 0 saturated carbocycles. The number of rotatable bonds is 4. The SMILES string of the molecule is CCOC(=O)N1CCN([C@H]2CCCN(c3nc(C)ncc3CC)C2)CC1. The maximum atomic E-state index is 11.9. The minimum absolute atomic E-state index is 0.179. The van der Waals surface area contributed by atoms with E-state index in [2.05, 4.69) is 21.7 Å². The average Bonchev–Trinajstić information content (AvgIpc) is 2.68. The number of aryl methyl sites for hydroxylation is 2. The van der Waals surface area contributed by atoms with Gasteiger partial charge in [-0.15, -0.1) is 0 Å². The molecule has 1 atom stereocenters. The van der Waals surface area contributed by atoms with E-state index in [0.29, 0.717) is 12.6 Å². The van der Waals surface area contributed by atoms with E-state index in [4.69, 9.17) is 9.72 Å². The van der Waals surface area contributed by atoms with E-state index in [1.165, 1.54) is 18.4 Å². The molecule has 144 valence electrons. The van der Waals surface area contributed by atoms with Crippen molar-refractivity contribution in [2.24, 2.45) is 0 Å². The Balaban J connectivity index is 1.61. The summed E-state index contributed by atoms with van der Waals surface area (Å²) in [5, 5.41) is 0. The number of amides is 1. The van der Waals surface area contributed by atoms with Crippen LogP contribution >= 0.6 is 0 Å². The van der Waals surface area contributed by atoms with Crippen LogP contribution in [0.4, 0.5) is 10.6 Å². The van der Waals surface area contributed by atoms with Crippen molar-refractivity contribution < 1.29 is 9.53 Å². The molecular weight excluding hydrogens is 330 g/mol.